The molecule has 10 nitrogen and oxygen atoms in total. The molecule has 1 saturated heterocycles. The Bertz CT molecular complexity index is 1020. The molecule has 0 bridgehead atoms. The van der Waals surface area contributed by atoms with Gasteiger partial charge in [0.05, 0.1) is 29.3 Å². The zero-order valence-corrected chi connectivity index (χ0v) is 21.8. The summed E-state index contributed by atoms with van der Waals surface area (Å²) < 4.78 is 16.6. The average molecular weight is 537 g/mol. The number of fused-ring (bicyclic) bond motifs is 5. The van der Waals surface area contributed by atoms with Crippen molar-refractivity contribution in [1.82, 2.24) is 0 Å². The molecule has 2 heterocycles. The number of carbonyl (C=O) groups excluding carboxylic acids is 2. The molecular formula is C28H40O10. The number of carbonyl (C=O) groups is 2. The van der Waals surface area contributed by atoms with E-state index in [2.05, 4.69) is 6.92 Å². The van der Waals surface area contributed by atoms with Gasteiger partial charge in [0.2, 0.25) is 0 Å². The summed E-state index contributed by atoms with van der Waals surface area (Å²) in [7, 11) is 0. The quantitative estimate of drug-likeness (QED) is 0.193. The summed E-state index contributed by atoms with van der Waals surface area (Å²) in [5.41, 5.74) is -2.83. The Kier molecular flexibility index (Phi) is 6.39. The Morgan fingerprint density at radius 1 is 1.00 bits per heavy atom. The number of esters is 1. The van der Waals surface area contributed by atoms with E-state index < -0.39 is 52.7 Å². The molecule has 6 rings (SSSR count). The third kappa shape index (κ3) is 3.57. The number of ether oxygens (including phenoxy) is 3. The summed E-state index contributed by atoms with van der Waals surface area (Å²) in [5, 5.41) is 54.4. The van der Waals surface area contributed by atoms with Gasteiger partial charge in [-0.3, -0.25) is 0 Å². The fourth-order valence-corrected chi connectivity index (χ4v) is 9.52. The number of aliphatic hydroxyl groups excluding tert-OH is 3. The van der Waals surface area contributed by atoms with Crippen molar-refractivity contribution < 1.29 is 49.3 Å². The highest BCUT2D eigenvalue weighted by Gasteiger charge is 2.71. The Hall–Kier alpha value is -1.40. The van der Waals surface area contributed by atoms with E-state index in [1.807, 2.05) is 0 Å². The van der Waals surface area contributed by atoms with E-state index in [0.29, 0.717) is 44.9 Å². The molecule has 0 aromatic rings. The molecule has 4 saturated carbocycles. The Morgan fingerprint density at radius 3 is 2.47 bits per heavy atom. The van der Waals surface area contributed by atoms with Crippen molar-refractivity contribution in [2.45, 2.75) is 107 Å². The molecule has 12 atom stereocenters. The highest BCUT2D eigenvalue weighted by molar-refractivity contribution is 5.85. The van der Waals surface area contributed by atoms with Gasteiger partial charge < -0.3 is 44.5 Å². The maximum atomic E-state index is 12.9. The number of cyclic esters (lactones) is 1. The van der Waals surface area contributed by atoms with Crippen LogP contribution in [-0.4, -0.2) is 92.9 Å². The van der Waals surface area contributed by atoms with Crippen molar-refractivity contribution in [2.75, 3.05) is 13.2 Å². The highest BCUT2D eigenvalue weighted by Crippen LogP contribution is 2.70. The monoisotopic (exact) mass is 536 g/mol. The van der Waals surface area contributed by atoms with Gasteiger partial charge in [-0.15, -0.1) is 0 Å². The second kappa shape index (κ2) is 9.06. The second-order valence-electron chi connectivity index (χ2n) is 13.0. The molecule has 0 aromatic carbocycles. The number of aldehydes is 1. The summed E-state index contributed by atoms with van der Waals surface area (Å²) in [6, 6.07) is 0. The number of hydrogen-bond donors (Lipinski definition) is 5. The maximum absolute atomic E-state index is 12.9. The molecule has 38 heavy (non-hydrogen) atoms. The van der Waals surface area contributed by atoms with Crippen LogP contribution in [0.1, 0.15) is 64.7 Å². The van der Waals surface area contributed by atoms with E-state index in [4.69, 9.17) is 14.2 Å². The predicted molar refractivity (Wildman–Crippen MR) is 130 cm³/mol. The van der Waals surface area contributed by atoms with E-state index in [0.717, 1.165) is 18.3 Å². The van der Waals surface area contributed by atoms with Crippen molar-refractivity contribution in [3.05, 3.63) is 11.6 Å². The van der Waals surface area contributed by atoms with Crippen LogP contribution in [0.5, 0.6) is 0 Å². The zero-order valence-electron chi connectivity index (χ0n) is 21.8. The Labute approximate surface area is 222 Å². The van der Waals surface area contributed by atoms with Crippen LogP contribution in [0.4, 0.5) is 0 Å². The van der Waals surface area contributed by atoms with Gasteiger partial charge in [-0.05, 0) is 74.7 Å². The van der Waals surface area contributed by atoms with Crippen molar-refractivity contribution in [2.24, 2.45) is 28.6 Å². The smallest absolute Gasteiger partial charge is 0.331 e. The van der Waals surface area contributed by atoms with Crippen molar-refractivity contribution >= 4 is 12.3 Å². The van der Waals surface area contributed by atoms with Crippen LogP contribution in [0.15, 0.2) is 11.6 Å². The van der Waals surface area contributed by atoms with Crippen molar-refractivity contribution in [3.8, 4) is 0 Å². The molecule has 2 aliphatic heterocycles. The maximum Gasteiger partial charge on any atom is 0.331 e. The van der Waals surface area contributed by atoms with Gasteiger partial charge in [-0.25, -0.2) is 4.79 Å². The van der Waals surface area contributed by atoms with Gasteiger partial charge in [-0.2, -0.15) is 0 Å². The highest BCUT2D eigenvalue weighted by atomic mass is 16.7. The lowest BCUT2D eigenvalue weighted by molar-refractivity contribution is -0.301. The van der Waals surface area contributed by atoms with Gasteiger partial charge in [0.1, 0.15) is 31.2 Å². The van der Waals surface area contributed by atoms with Crippen molar-refractivity contribution in [1.29, 1.82) is 0 Å². The molecule has 6 aliphatic rings. The summed E-state index contributed by atoms with van der Waals surface area (Å²) in [4.78, 5) is 24.7. The molecule has 0 aromatic heterocycles. The summed E-state index contributed by atoms with van der Waals surface area (Å²) in [6.07, 6.45) is 1.56. The normalized spacial score (nSPS) is 54.4. The van der Waals surface area contributed by atoms with Gasteiger partial charge in [0.25, 0.3) is 0 Å². The standard InChI is InChI=1S/C28H40O10/c1-25-6-3-18-19(28(25,35)9-5-17(25)15-10-21(31)36-12-15)4-8-27(34)11-16(2-7-26(18,27)14-29)38-24-23(33)22(32)20(30)13-37-24/h10,14,16-20,22-24,30,32-35H,2-9,11-13H2,1H3/t16-,17+,18-,19+,20+,22+,23+,24-,25+,26-,27-,28-/m0/s1. The minimum atomic E-state index is -1.42. The number of hydrogen-bond acceptors (Lipinski definition) is 10. The van der Waals surface area contributed by atoms with Crippen LogP contribution in [0.3, 0.4) is 0 Å². The summed E-state index contributed by atoms with van der Waals surface area (Å²) >= 11 is 0. The first-order valence-corrected chi connectivity index (χ1v) is 14.1. The molecular weight excluding hydrogens is 496 g/mol. The Balaban J connectivity index is 1.22. The van der Waals surface area contributed by atoms with Crippen LogP contribution in [0.25, 0.3) is 0 Å². The second-order valence-corrected chi connectivity index (χ2v) is 13.0. The fourth-order valence-electron chi connectivity index (χ4n) is 9.52. The summed E-state index contributed by atoms with van der Waals surface area (Å²) in [5.74, 6) is -0.604. The largest absolute Gasteiger partial charge is 0.458 e. The molecule has 5 N–H and O–H groups in total. The van der Waals surface area contributed by atoms with E-state index in [1.165, 1.54) is 0 Å². The minimum absolute atomic E-state index is 0.0489. The summed E-state index contributed by atoms with van der Waals surface area (Å²) in [6.45, 7) is 2.22. The predicted octanol–water partition coefficient (Wildman–Crippen LogP) is 0.362. The van der Waals surface area contributed by atoms with E-state index in [1.54, 1.807) is 6.08 Å². The SMILES string of the molecule is C[C@]12CC[C@H]3[C@@H](CC[C@]4(O)C[C@@H](O[C@@H]5OC[C@@H](O)[C@@H](O)[C@H]5O)CC[C@]34C=O)[C@@]1(O)CC[C@@H]2C1=CC(=O)OC1. The molecule has 5 fully saturated rings. The Morgan fingerprint density at radius 2 is 1.76 bits per heavy atom. The van der Waals surface area contributed by atoms with Gasteiger partial charge in [-0.1, -0.05) is 6.92 Å². The first-order chi connectivity index (χ1) is 18.0. The van der Waals surface area contributed by atoms with Crippen LogP contribution in [-0.2, 0) is 23.8 Å². The first kappa shape index (κ1) is 26.8. The molecule has 0 amide bonds. The lowest BCUT2D eigenvalue weighted by Gasteiger charge is -2.65. The van der Waals surface area contributed by atoms with Crippen molar-refractivity contribution in [3.63, 3.8) is 0 Å². The molecule has 0 spiro atoms. The number of aliphatic hydroxyl groups is 5. The van der Waals surface area contributed by atoms with Gasteiger partial charge in [0.15, 0.2) is 6.29 Å². The van der Waals surface area contributed by atoms with E-state index in [9.17, 15) is 35.1 Å². The van der Waals surface area contributed by atoms with Crippen LogP contribution >= 0.6 is 0 Å². The average Bonchev–Trinajstić information content (AvgIpc) is 3.43. The van der Waals surface area contributed by atoms with E-state index >= 15 is 0 Å². The van der Waals surface area contributed by atoms with E-state index in [-0.39, 0.29) is 43.4 Å². The molecule has 212 valence electrons. The van der Waals surface area contributed by atoms with Crippen LogP contribution < -0.4 is 0 Å². The molecule has 4 aliphatic carbocycles. The van der Waals surface area contributed by atoms with Gasteiger partial charge in [0, 0.05) is 17.9 Å². The topological polar surface area (TPSA) is 163 Å². The van der Waals surface area contributed by atoms with Gasteiger partial charge >= 0.3 is 5.97 Å². The van der Waals surface area contributed by atoms with Crippen LogP contribution in [0, 0.1) is 28.6 Å². The fraction of sp³-hybridized carbons (Fsp3) is 0.857. The molecule has 0 radical (unpaired) electrons. The number of rotatable bonds is 4. The zero-order chi connectivity index (χ0) is 27.1. The first-order valence-electron chi connectivity index (χ1n) is 14.1. The lowest BCUT2D eigenvalue weighted by atomic mass is 9.41. The lowest BCUT2D eigenvalue weighted by Crippen LogP contribution is -2.69. The molecule has 0 unspecified atom stereocenters. The third-order valence-electron chi connectivity index (χ3n) is 11.6. The molecule has 10 heteroatoms. The third-order valence-corrected chi connectivity index (χ3v) is 11.6. The minimum Gasteiger partial charge on any atom is -0.458 e. The van der Waals surface area contributed by atoms with Crippen LogP contribution in [0.2, 0.25) is 0 Å².